The molecule has 3 N–H and O–H groups in total. The lowest BCUT2D eigenvalue weighted by molar-refractivity contribution is -0.131. The number of methoxy groups -OCH3 is 1. The van der Waals surface area contributed by atoms with Crippen LogP contribution in [0.25, 0.3) is 22.5 Å². The van der Waals surface area contributed by atoms with E-state index in [4.69, 9.17) is 4.74 Å². The second-order valence-corrected chi connectivity index (χ2v) is 9.00. The fraction of sp³-hybridized carbons (Fsp3) is 0.0645. The van der Waals surface area contributed by atoms with Crippen LogP contribution in [0.1, 0.15) is 27.0 Å². The Morgan fingerprint density at radius 2 is 1.47 bits per heavy atom. The molecule has 7 heteroatoms. The molecule has 1 aliphatic rings. The maximum Gasteiger partial charge on any atom is 0.265 e. The molecule has 6 rings (SSSR count). The maximum atomic E-state index is 13.8. The number of ether oxygens (including phenoxy) is 1. The molecule has 7 nitrogen and oxygen atoms in total. The number of hydrogen-bond acceptors (Lipinski definition) is 5. The minimum Gasteiger partial charge on any atom is -0.497 e. The van der Waals surface area contributed by atoms with Crippen LogP contribution in [0.5, 0.6) is 5.75 Å². The molecule has 4 aromatic carbocycles. The fourth-order valence-electron chi connectivity index (χ4n) is 4.95. The third-order valence-electron chi connectivity index (χ3n) is 6.88. The summed E-state index contributed by atoms with van der Waals surface area (Å²) in [6, 6.07) is 30.0. The van der Waals surface area contributed by atoms with Gasteiger partial charge in [-0.15, -0.1) is 0 Å². The van der Waals surface area contributed by atoms with Gasteiger partial charge in [-0.25, -0.2) is 0 Å². The van der Waals surface area contributed by atoms with Gasteiger partial charge in [0.2, 0.25) is 0 Å². The normalized spacial score (nSPS) is 12.1. The Balaban J connectivity index is 1.39. The van der Waals surface area contributed by atoms with Crippen LogP contribution in [-0.2, 0) is 10.4 Å². The second-order valence-electron chi connectivity index (χ2n) is 9.00. The number of aliphatic hydroxyl groups is 1. The number of aromatic amines is 1. The van der Waals surface area contributed by atoms with Gasteiger partial charge in [-0.1, -0.05) is 72.8 Å². The number of rotatable bonds is 6. The zero-order valence-corrected chi connectivity index (χ0v) is 20.4. The van der Waals surface area contributed by atoms with Crippen molar-refractivity contribution in [3.63, 3.8) is 0 Å². The standard InChI is InChI=1S/C31H23N3O4/c1-38-22-17-15-19(16-18-22)27-26-28(34-33-27)23-13-8-14-24(25(23)29(26)35)32-30(36)31(37,20-9-4-2-5-10-20)21-11-6-3-7-12-21/h2-18,37H,1H3,(H,32,36)(H,33,34). The Bertz CT molecular complexity index is 1620. The van der Waals surface area contributed by atoms with E-state index in [1.54, 1.807) is 67.8 Å². The van der Waals surface area contributed by atoms with Crippen LogP contribution in [0, 0.1) is 0 Å². The number of hydrogen-bond donors (Lipinski definition) is 3. The molecule has 0 spiro atoms. The van der Waals surface area contributed by atoms with Crippen LogP contribution < -0.4 is 10.1 Å². The number of carbonyl (C=O) groups is 2. The lowest BCUT2D eigenvalue weighted by Gasteiger charge is -2.28. The highest BCUT2D eigenvalue weighted by molar-refractivity contribution is 6.27. The zero-order valence-electron chi connectivity index (χ0n) is 20.4. The van der Waals surface area contributed by atoms with E-state index in [0.29, 0.717) is 50.6 Å². The Morgan fingerprint density at radius 1 is 0.842 bits per heavy atom. The summed E-state index contributed by atoms with van der Waals surface area (Å²) in [6.07, 6.45) is 0. The van der Waals surface area contributed by atoms with Gasteiger partial charge < -0.3 is 15.2 Å². The molecule has 1 heterocycles. The van der Waals surface area contributed by atoms with Crippen molar-refractivity contribution in [2.45, 2.75) is 5.60 Å². The van der Waals surface area contributed by atoms with Gasteiger partial charge in [0.25, 0.3) is 5.91 Å². The minimum atomic E-state index is -1.98. The molecular weight excluding hydrogens is 478 g/mol. The summed E-state index contributed by atoms with van der Waals surface area (Å²) in [6.45, 7) is 0. The first-order valence-corrected chi connectivity index (χ1v) is 12.1. The quantitative estimate of drug-likeness (QED) is 0.292. The molecule has 0 fully saturated rings. The van der Waals surface area contributed by atoms with Crippen molar-refractivity contribution in [3.05, 3.63) is 125 Å². The van der Waals surface area contributed by atoms with Gasteiger partial charge in [-0.3, -0.25) is 14.7 Å². The number of aromatic nitrogens is 2. The third kappa shape index (κ3) is 3.60. The molecule has 0 saturated heterocycles. The summed E-state index contributed by atoms with van der Waals surface area (Å²) >= 11 is 0. The van der Waals surface area contributed by atoms with Crippen LogP contribution in [0.2, 0.25) is 0 Å². The molecule has 0 radical (unpaired) electrons. The molecule has 0 bridgehead atoms. The first kappa shape index (κ1) is 23.4. The van der Waals surface area contributed by atoms with Crippen molar-refractivity contribution in [1.82, 2.24) is 10.2 Å². The van der Waals surface area contributed by atoms with E-state index in [1.165, 1.54) is 0 Å². The average molecular weight is 502 g/mol. The van der Waals surface area contributed by atoms with E-state index >= 15 is 0 Å². The van der Waals surface area contributed by atoms with Gasteiger partial charge in [-0.2, -0.15) is 5.10 Å². The van der Waals surface area contributed by atoms with E-state index in [1.807, 2.05) is 42.5 Å². The summed E-state index contributed by atoms with van der Waals surface area (Å²) < 4.78 is 5.24. The highest BCUT2D eigenvalue weighted by Crippen LogP contribution is 2.43. The van der Waals surface area contributed by atoms with Crippen molar-refractivity contribution in [1.29, 1.82) is 0 Å². The molecule has 0 atom stereocenters. The second kappa shape index (κ2) is 9.14. The summed E-state index contributed by atoms with van der Waals surface area (Å²) in [7, 11) is 1.59. The van der Waals surface area contributed by atoms with E-state index < -0.39 is 11.5 Å². The molecule has 1 aromatic heterocycles. The Labute approximate surface area is 218 Å². The first-order chi connectivity index (χ1) is 18.5. The monoisotopic (exact) mass is 501 g/mol. The summed E-state index contributed by atoms with van der Waals surface area (Å²) in [5.41, 5.74) is 2.47. The number of nitrogens with one attached hydrogen (secondary N) is 2. The molecular formula is C31H23N3O4. The molecule has 0 saturated carbocycles. The molecule has 1 amide bonds. The van der Waals surface area contributed by atoms with Crippen LogP contribution in [0.3, 0.4) is 0 Å². The number of benzene rings is 4. The highest BCUT2D eigenvalue weighted by atomic mass is 16.5. The fourth-order valence-corrected chi connectivity index (χ4v) is 4.95. The van der Waals surface area contributed by atoms with Crippen LogP contribution in [0.15, 0.2) is 103 Å². The lowest BCUT2D eigenvalue weighted by atomic mass is 9.85. The summed E-state index contributed by atoms with van der Waals surface area (Å²) in [5.74, 6) is -0.224. The van der Waals surface area contributed by atoms with Crippen molar-refractivity contribution in [3.8, 4) is 28.3 Å². The SMILES string of the molecule is COc1ccc(-c2n[nH]c3c2C(=O)c2c(NC(=O)C(O)(c4ccccc4)c4ccccc4)cccc2-3)cc1. The van der Waals surface area contributed by atoms with Gasteiger partial charge in [0.05, 0.1) is 29.6 Å². The predicted molar refractivity (Wildman–Crippen MR) is 144 cm³/mol. The van der Waals surface area contributed by atoms with Crippen LogP contribution >= 0.6 is 0 Å². The maximum absolute atomic E-state index is 13.8. The van der Waals surface area contributed by atoms with E-state index in [0.717, 1.165) is 5.56 Å². The number of fused-ring (bicyclic) bond motifs is 3. The van der Waals surface area contributed by atoms with Gasteiger partial charge in [0.15, 0.2) is 11.4 Å². The molecule has 0 aliphatic heterocycles. The van der Waals surface area contributed by atoms with Gasteiger partial charge in [0.1, 0.15) is 11.4 Å². The van der Waals surface area contributed by atoms with Crippen molar-refractivity contribution < 1.29 is 19.4 Å². The van der Waals surface area contributed by atoms with E-state index in [2.05, 4.69) is 15.5 Å². The topological polar surface area (TPSA) is 104 Å². The van der Waals surface area contributed by atoms with Gasteiger partial charge >= 0.3 is 0 Å². The predicted octanol–water partition coefficient (Wildman–Crippen LogP) is 5.17. The number of anilines is 1. The molecule has 186 valence electrons. The smallest absolute Gasteiger partial charge is 0.265 e. The van der Waals surface area contributed by atoms with Gasteiger partial charge in [0, 0.05) is 11.1 Å². The molecule has 5 aromatic rings. The van der Waals surface area contributed by atoms with Crippen molar-refractivity contribution >= 4 is 17.4 Å². The van der Waals surface area contributed by atoms with Crippen LogP contribution in [-0.4, -0.2) is 34.1 Å². The number of amides is 1. The summed E-state index contributed by atoms with van der Waals surface area (Å²) in [5, 5.41) is 22.1. The highest BCUT2D eigenvalue weighted by Gasteiger charge is 2.41. The number of nitrogens with zero attached hydrogens (tertiary/aromatic N) is 1. The largest absolute Gasteiger partial charge is 0.497 e. The molecule has 1 aliphatic carbocycles. The number of carbonyl (C=O) groups excluding carboxylic acids is 2. The Morgan fingerprint density at radius 3 is 2.08 bits per heavy atom. The Kier molecular flexibility index (Phi) is 5.62. The Hall–Kier alpha value is -5.01. The van der Waals surface area contributed by atoms with Crippen LogP contribution in [0.4, 0.5) is 5.69 Å². The molecule has 38 heavy (non-hydrogen) atoms. The molecule has 0 unspecified atom stereocenters. The minimum absolute atomic E-state index is 0.256. The number of ketones is 1. The first-order valence-electron chi connectivity index (χ1n) is 12.1. The van der Waals surface area contributed by atoms with E-state index in [9.17, 15) is 14.7 Å². The van der Waals surface area contributed by atoms with Crippen molar-refractivity contribution in [2.75, 3.05) is 12.4 Å². The summed E-state index contributed by atoms with van der Waals surface area (Å²) in [4.78, 5) is 27.6. The third-order valence-corrected chi connectivity index (χ3v) is 6.88. The lowest BCUT2D eigenvalue weighted by Crippen LogP contribution is -2.41. The average Bonchev–Trinajstić information content (AvgIpc) is 3.53. The zero-order chi connectivity index (χ0) is 26.3. The van der Waals surface area contributed by atoms with Crippen molar-refractivity contribution in [2.24, 2.45) is 0 Å². The van der Waals surface area contributed by atoms with Gasteiger partial charge in [-0.05, 0) is 41.5 Å². The van der Waals surface area contributed by atoms with E-state index in [-0.39, 0.29) is 5.78 Å². The number of H-pyrrole nitrogens is 1.